The van der Waals surface area contributed by atoms with Gasteiger partial charge in [-0.3, -0.25) is 18.3 Å². The third-order valence-electron chi connectivity index (χ3n) is 4.06. The fourth-order valence-corrected chi connectivity index (χ4v) is 3.62. The van der Waals surface area contributed by atoms with Crippen molar-refractivity contribution in [1.82, 2.24) is 33.9 Å². The Labute approximate surface area is 145 Å². The second-order valence-electron chi connectivity index (χ2n) is 5.48. The Balaban J connectivity index is 1.88. The molecule has 0 amide bonds. The predicted molar refractivity (Wildman–Crippen MR) is 93.8 cm³/mol. The van der Waals surface area contributed by atoms with Crippen LogP contribution in [0.2, 0.25) is 0 Å². The van der Waals surface area contributed by atoms with E-state index in [4.69, 9.17) is 0 Å². The van der Waals surface area contributed by atoms with Crippen molar-refractivity contribution in [2.75, 3.05) is 0 Å². The number of thioether (sulfide) groups is 1. The Morgan fingerprint density at radius 1 is 1.20 bits per heavy atom. The highest BCUT2D eigenvalue weighted by Crippen LogP contribution is 2.21. The number of nitrogens with one attached hydrogen (secondary N) is 1. The topological polar surface area (TPSA) is 103 Å². The summed E-state index contributed by atoms with van der Waals surface area (Å²) in [6, 6.07) is 7.41. The molecular formula is C15H15N7O2S. The molecule has 4 aromatic rings. The quantitative estimate of drug-likeness (QED) is 0.541. The van der Waals surface area contributed by atoms with Gasteiger partial charge in [0.1, 0.15) is 5.82 Å². The van der Waals surface area contributed by atoms with Crippen LogP contribution >= 0.6 is 11.8 Å². The van der Waals surface area contributed by atoms with E-state index in [-0.39, 0.29) is 11.2 Å². The minimum absolute atomic E-state index is 0.0769. The van der Waals surface area contributed by atoms with E-state index in [9.17, 15) is 9.59 Å². The molecule has 0 fully saturated rings. The van der Waals surface area contributed by atoms with Gasteiger partial charge in [0.25, 0.3) is 5.56 Å². The van der Waals surface area contributed by atoms with Gasteiger partial charge in [-0.05, 0) is 19.1 Å². The van der Waals surface area contributed by atoms with E-state index in [1.54, 1.807) is 17.7 Å². The van der Waals surface area contributed by atoms with Crippen LogP contribution in [0.25, 0.3) is 16.7 Å². The van der Waals surface area contributed by atoms with Crippen LogP contribution in [0.3, 0.4) is 0 Å². The van der Waals surface area contributed by atoms with Crippen molar-refractivity contribution in [1.29, 1.82) is 0 Å². The molecule has 0 unspecified atom stereocenters. The summed E-state index contributed by atoms with van der Waals surface area (Å²) in [6.07, 6.45) is 0. The van der Waals surface area contributed by atoms with Crippen LogP contribution in [0.5, 0.6) is 0 Å². The first-order valence-electron chi connectivity index (χ1n) is 7.71. The molecular weight excluding hydrogens is 342 g/mol. The van der Waals surface area contributed by atoms with Crippen molar-refractivity contribution in [3.8, 4) is 0 Å². The second-order valence-corrected chi connectivity index (χ2v) is 6.42. The van der Waals surface area contributed by atoms with Crippen LogP contribution in [0.15, 0.2) is 39.0 Å². The number of aryl methyl sites for hydroxylation is 1. The summed E-state index contributed by atoms with van der Waals surface area (Å²) in [5.74, 6) is 1.66. The number of para-hydroxylation sites is 1. The van der Waals surface area contributed by atoms with E-state index in [1.807, 2.05) is 29.5 Å². The van der Waals surface area contributed by atoms with Crippen LogP contribution in [0.1, 0.15) is 12.7 Å². The van der Waals surface area contributed by atoms with E-state index in [2.05, 4.69) is 20.4 Å². The molecule has 0 radical (unpaired) electrons. The van der Waals surface area contributed by atoms with Crippen LogP contribution in [-0.2, 0) is 19.3 Å². The zero-order chi connectivity index (χ0) is 17.6. The summed E-state index contributed by atoms with van der Waals surface area (Å²) in [5, 5.41) is 16.0. The molecule has 3 heterocycles. The van der Waals surface area contributed by atoms with Gasteiger partial charge in [0, 0.05) is 13.6 Å². The molecule has 9 nitrogen and oxygen atoms in total. The van der Waals surface area contributed by atoms with Gasteiger partial charge < -0.3 is 0 Å². The molecule has 25 heavy (non-hydrogen) atoms. The van der Waals surface area contributed by atoms with Crippen LogP contribution in [0, 0.1) is 0 Å². The highest BCUT2D eigenvalue weighted by atomic mass is 32.2. The smallest absolute Gasteiger partial charge is 0.277 e. The molecule has 0 bridgehead atoms. The van der Waals surface area contributed by atoms with Crippen LogP contribution in [-0.4, -0.2) is 33.9 Å². The maximum atomic E-state index is 12.6. The Morgan fingerprint density at radius 3 is 2.72 bits per heavy atom. The van der Waals surface area contributed by atoms with E-state index < -0.39 is 0 Å². The summed E-state index contributed by atoms with van der Waals surface area (Å²) < 4.78 is 4.93. The first-order chi connectivity index (χ1) is 12.1. The van der Waals surface area contributed by atoms with Crippen molar-refractivity contribution < 1.29 is 0 Å². The predicted octanol–water partition coefficient (Wildman–Crippen LogP) is 0.778. The van der Waals surface area contributed by atoms with E-state index in [1.165, 1.54) is 16.3 Å². The van der Waals surface area contributed by atoms with Gasteiger partial charge in [-0.25, -0.2) is 9.89 Å². The standard InChI is InChI=1S/C15H15N7O2S/c1-3-21-12(23)9-6-4-5-7-10(9)22-11(16-17-13(21)22)8-25-15-19-18-14(24)20(15)2/h4-7H,3,8H2,1-2H3,(H,18,24). The molecule has 0 saturated carbocycles. The maximum absolute atomic E-state index is 12.6. The zero-order valence-corrected chi connectivity index (χ0v) is 14.4. The number of nitrogens with zero attached hydrogens (tertiary/aromatic N) is 6. The number of fused-ring (bicyclic) bond motifs is 3. The first-order valence-corrected chi connectivity index (χ1v) is 8.70. The van der Waals surface area contributed by atoms with Crippen molar-refractivity contribution in [3.63, 3.8) is 0 Å². The average molecular weight is 357 g/mol. The summed E-state index contributed by atoms with van der Waals surface area (Å²) in [7, 11) is 1.65. The number of benzene rings is 1. The Bertz CT molecular complexity index is 1200. The lowest BCUT2D eigenvalue weighted by atomic mass is 10.2. The van der Waals surface area contributed by atoms with Gasteiger partial charge in [-0.1, -0.05) is 23.9 Å². The summed E-state index contributed by atoms with van der Waals surface area (Å²) in [5.41, 5.74) is 0.425. The number of aromatic amines is 1. The molecule has 0 aliphatic heterocycles. The van der Waals surface area contributed by atoms with Gasteiger partial charge in [-0.2, -0.15) is 0 Å². The Hall–Kier alpha value is -2.88. The van der Waals surface area contributed by atoms with E-state index >= 15 is 0 Å². The van der Waals surface area contributed by atoms with E-state index in [0.29, 0.717) is 34.4 Å². The largest absolute Gasteiger partial charge is 0.343 e. The molecule has 128 valence electrons. The van der Waals surface area contributed by atoms with Gasteiger partial charge in [0.2, 0.25) is 5.78 Å². The summed E-state index contributed by atoms with van der Waals surface area (Å²) in [6.45, 7) is 2.41. The fraction of sp³-hybridized carbons (Fsp3) is 0.267. The third-order valence-corrected chi connectivity index (χ3v) is 5.09. The minimum Gasteiger partial charge on any atom is -0.277 e. The summed E-state index contributed by atoms with van der Waals surface area (Å²) in [4.78, 5) is 24.1. The number of aromatic nitrogens is 7. The third kappa shape index (κ3) is 2.37. The average Bonchev–Trinajstić information content (AvgIpc) is 3.18. The molecule has 0 spiro atoms. The Kier molecular flexibility index (Phi) is 3.68. The number of hydrogen-bond acceptors (Lipinski definition) is 6. The summed E-state index contributed by atoms with van der Waals surface area (Å²) >= 11 is 1.38. The monoisotopic (exact) mass is 357 g/mol. The molecule has 0 aliphatic carbocycles. The van der Waals surface area contributed by atoms with Crippen LogP contribution in [0.4, 0.5) is 0 Å². The van der Waals surface area contributed by atoms with Crippen molar-refractivity contribution in [2.45, 2.75) is 24.4 Å². The number of hydrogen-bond donors (Lipinski definition) is 1. The second kappa shape index (κ2) is 5.88. The van der Waals surface area contributed by atoms with Crippen LogP contribution < -0.4 is 11.2 Å². The highest BCUT2D eigenvalue weighted by molar-refractivity contribution is 7.98. The normalized spacial score (nSPS) is 11.6. The number of H-pyrrole nitrogens is 1. The Morgan fingerprint density at radius 2 is 2.00 bits per heavy atom. The first kappa shape index (κ1) is 15.6. The van der Waals surface area contributed by atoms with Gasteiger partial charge >= 0.3 is 5.69 Å². The molecule has 1 N–H and O–H groups in total. The lowest BCUT2D eigenvalue weighted by Crippen LogP contribution is -2.22. The lowest BCUT2D eigenvalue weighted by Gasteiger charge is -2.09. The van der Waals surface area contributed by atoms with E-state index in [0.717, 1.165) is 5.52 Å². The van der Waals surface area contributed by atoms with Crippen molar-refractivity contribution >= 4 is 28.4 Å². The molecule has 0 saturated heterocycles. The highest BCUT2D eigenvalue weighted by Gasteiger charge is 2.16. The molecule has 0 aliphatic rings. The minimum atomic E-state index is -0.265. The van der Waals surface area contributed by atoms with Gasteiger partial charge in [0.05, 0.1) is 16.7 Å². The number of rotatable bonds is 4. The zero-order valence-electron chi connectivity index (χ0n) is 13.6. The molecule has 3 aromatic heterocycles. The van der Waals surface area contributed by atoms with Gasteiger partial charge in [-0.15, -0.1) is 15.3 Å². The SMILES string of the molecule is CCn1c(=O)c2ccccc2n2c(CSc3n[nH]c(=O)n3C)nnc12. The van der Waals surface area contributed by atoms with Crippen molar-refractivity contribution in [2.24, 2.45) is 7.05 Å². The fourth-order valence-electron chi connectivity index (χ4n) is 2.78. The molecule has 0 atom stereocenters. The molecule has 10 heteroatoms. The molecule has 4 rings (SSSR count). The lowest BCUT2D eigenvalue weighted by molar-refractivity contribution is 0.735. The molecule has 1 aromatic carbocycles. The van der Waals surface area contributed by atoms with Gasteiger partial charge in [0.15, 0.2) is 5.16 Å². The van der Waals surface area contributed by atoms with Crippen molar-refractivity contribution in [3.05, 3.63) is 50.9 Å². The maximum Gasteiger partial charge on any atom is 0.343 e.